The van der Waals surface area contributed by atoms with Gasteiger partial charge in [-0.15, -0.1) is 11.3 Å². The molecule has 0 unspecified atom stereocenters. The van der Waals surface area contributed by atoms with Crippen LogP contribution in [0.5, 0.6) is 0 Å². The van der Waals surface area contributed by atoms with Crippen LogP contribution in [0.2, 0.25) is 0 Å². The first-order chi connectivity index (χ1) is 12.0. The molecule has 128 valence electrons. The number of amides is 1. The SMILES string of the molecule is Cc1ncsc1CNC(=O)/C=C/c1ccc(-n2cc(Br)cn2)c(F)c1. The van der Waals surface area contributed by atoms with Gasteiger partial charge in [-0.3, -0.25) is 4.79 Å². The van der Waals surface area contributed by atoms with E-state index in [9.17, 15) is 9.18 Å². The second-order valence-corrected chi connectivity index (χ2v) is 7.08. The normalized spacial score (nSPS) is 11.2. The van der Waals surface area contributed by atoms with Gasteiger partial charge in [0.05, 0.1) is 28.4 Å². The Morgan fingerprint density at radius 2 is 2.32 bits per heavy atom. The zero-order chi connectivity index (χ0) is 17.8. The number of hydrogen-bond acceptors (Lipinski definition) is 4. The second kappa shape index (κ2) is 7.71. The zero-order valence-electron chi connectivity index (χ0n) is 13.2. The third-order valence-electron chi connectivity index (χ3n) is 3.46. The highest BCUT2D eigenvalue weighted by atomic mass is 79.9. The number of carbonyl (C=O) groups is 1. The molecule has 1 aromatic carbocycles. The number of halogens is 2. The summed E-state index contributed by atoms with van der Waals surface area (Å²) in [5.41, 5.74) is 3.59. The smallest absolute Gasteiger partial charge is 0.244 e. The summed E-state index contributed by atoms with van der Waals surface area (Å²) >= 11 is 4.78. The third kappa shape index (κ3) is 4.40. The van der Waals surface area contributed by atoms with E-state index in [2.05, 4.69) is 31.3 Å². The Morgan fingerprint density at radius 3 is 2.96 bits per heavy atom. The van der Waals surface area contributed by atoms with Crippen LogP contribution < -0.4 is 5.32 Å². The fourth-order valence-corrected chi connectivity index (χ4v) is 3.14. The maximum atomic E-state index is 14.2. The van der Waals surface area contributed by atoms with Crippen molar-refractivity contribution >= 4 is 39.2 Å². The van der Waals surface area contributed by atoms with Gasteiger partial charge in [0.2, 0.25) is 5.91 Å². The standard InChI is InChI=1S/C17H14BrFN4OS/c1-11-16(25-10-21-11)8-20-17(24)5-3-12-2-4-15(14(19)6-12)23-9-13(18)7-22-23/h2-7,9-10H,8H2,1H3,(H,20,24)/b5-3+. The molecular formula is C17H14BrFN4OS. The zero-order valence-corrected chi connectivity index (χ0v) is 15.6. The van der Waals surface area contributed by atoms with Gasteiger partial charge in [0.15, 0.2) is 0 Å². The fourth-order valence-electron chi connectivity index (χ4n) is 2.14. The van der Waals surface area contributed by atoms with Crippen LogP contribution >= 0.6 is 27.3 Å². The van der Waals surface area contributed by atoms with Crippen LogP contribution in [0.4, 0.5) is 4.39 Å². The number of aromatic nitrogens is 3. The molecule has 8 heteroatoms. The molecule has 1 amide bonds. The molecule has 0 aliphatic rings. The predicted molar refractivity (Wildman–Crippen MR) is 99.0 cm³/mol. The van der Waals surface area contributed by atoms with Gasteiger partial charge in [0.1, 0.15) is 11.5 Å². The van der Waals surface area contributed by atoms with E-state index in [1.807, 2.05) is 6.92 Å². The van der Waals surface area contributed by atoms with Crippen molar-refractivity contribution in [1.29, 1.82) is 0 Å². The van der Waals surface area contributed by atoms with Crippen LogP contribution in [0, 0.1) is 12.7 Å². The lowest BCUT2D eigenvalue weighted by molar-refractivity contribution is -0.116. The highest BCUT2D eigenvalue weighted by Gasteiger charge is 2.07. The molecule has 0 fully saturated rings. The van der Waals surface area contributed by atoms with Crippen LogP contribution in [0.15, 0.2) is 46.7 Å². The van der Waals surface area contributed by atoms with Gasteiger partial charge < -0.3 is 5.32 Å². The Labute approximate surface area is 156 Å². The van der Waals surface area contributed by atoms with Crippen LogP contribution in [0.1, 0.15) is 16.1 Å². The molecule has 25 heavy (non-hydrogen) atoms. The lowest BCUT2D eigenvalue weighted by Crippen LogP contribution is -2.20. The summed E-state index contributed by atoms with van der Waals surface area (Å²) < 4.78 is 16.4. The Bertz CT molecular complexity index is 934. The van der Waals surface area contributed by atoms with Gasteiger partial charge in [-0.25, -0.2) is 14.1 Å². The number of thiazole rings is 1. The molecule has 3 aromatic rings. The summed E-state index contributed by atoms with van der Waals surface area (Å²) in [5, 5.41) is 6.83. The van der Waals surface area contributed by atoms with Crippen molar-refractivity contribution in [2.75, 3.05) is 0 Å². The summed E-state index contributed by atoms with van der Waals surface area (Å²) in [4.78, 5) is 17.0. The van der Waals surface area contributed by atoms with E-state index in [0.717, 1.165) is 15.0 Å². The molecular weight excluding hydrogens is 407 g/mol. The number of carbonyl (C=O) groups excluding carboxylic acids is 1. The van der Waals surface area contributed by atoms with E-state index in [1.54, 1.807) is 36.1 Å². The van der Waals surface area contributed by atoms with Gasteiger partial charge in [-0.2, -0.15) is 5.10 Å². The van der Waals surface area contributed by atoms with Gasteiger partial charge >= 0.3 is 0 Å². The fraction of sp³-hybridized carbons (Fsp3) is 0.118. The minimum Gasteiger partial charge on any atom is -0.348 e. The van der Waals surface area contributed by atoms with Crippen molar-refractivity contribution in [3.05, 3.63) is 68.6 Å². The van der Waals surface area contributed by atoms with Crippen molar-refractivity contribution in [2.24, 2.45) is 0 Å². The molecule has 0 aliphatic heterocycles. The molecule has 3 rings (SSSR count). The lowest BCUT2D eigenvalue weighted by Gasteiger charge is -2.04. The highest BCUT2D eigenvalue weighted by molar-refractivity contribution is 9.10. The van der Waals surface area contributed by atoms with Crippen molar-refractivity contribution in [3.8, 4) is 5.69 Å². The molecule has 0 saturated carbocycles. The Balaban J connectivity index is 1.64. The van der Waals surface area contributed by atoms with E-state index >= 15 is 0 Å². The largest absolute Gasteiger partial charge is 0.348 e. The predicted octanol–water partition coefficient (Wildman–Crippen LogP) is 3.87. The second-order valence-electron chi connectivity index (χ2n) is 5.23. The summed E-state index contributed by atoms with van der Waals surface area (Å²) in [6.45, 7) is 2.33. The van der Waals surface area contributed by atoms with Crippen LogP contribution in [0.25, 0.3) is 11.8 Å². The van der Waals surface area contributed by atoms with E-state index in [4.69, 9.17) is 0 Å². The number of hydrogen-bond donors (Lipinski definition) is 1. The summed E-state index contributed by atoms with van der Waals surface area (Å²) in [6, 6.07) is 4.71. The van der Waals surface area contributed by atoms with Crippen LogP contribution in [-0.2, 0) is 11.3 Å². The number of aryl methyl sites for hydroxylation is 1. The maximum absolute atomic E-state index is 14.2. The number of benzene rings is 1. The molecule has 2 aromatic heterocycles. The van der Waals surface area contributed by atoms with E-state index < -0.39 is 5.82 Å². The number of nitrogens with zero attached hydrogens (tertiary/aromatic N) is 3. The Kier molecular flexibility index (Phi) is 5.40. The topological polar surface area (TPSA) is 59.8 Å². The van der Waals surface area contributed by atoms with Gasteiger partial charge in [-0.1, -0.05) is 6.07 Å². The quantitative estimate of drug-likeness (QED) is 0.637. The Hall–Kier alpha value is -2.32. The summed E-state index contributed by atoms with van der Waals surface area (Å²) in [5.74, 6) is -0.660. The monoisotopic (exact) mass is 420 g/mol. The average molecular weight is 421 g/mol. The van der Waals surface area contributed by atoms with E-state index in [1.165, 1.54) is 28.2 Å². The molecule has 5 nitrogen and oxygen atoms in total. The minimum atomic E-state index is -0.418. The molecule has 0 radical (unpaired) electrons. The molecule has 0 bridgehead atoms. The van der Waals surface area contributed by atoms with Crippen molar-refractivity contribution in [1.82, 2.24) is 20.1 Å². The Morgan fingerprint density at radius 1 is 1.48 bits per heavy atom. The molecule has 0 spiro atoms. The van der Waals surface area contributed by atoms with Gasteiger partial charge in [0, 0.05) is 17.2 Å². The maximum Gasteiger partial charge on any atom is 0.244 e. The molecule has 2 heterocycles. The molecule has 1 N–H and O–H groups in total. The third-order valence-corrected chi connectivity index (χ3v) is 4.81. The molecule has 0 atom stereocenters. The van der Waals surface area contributed by atoms with E-state index in [0.29, 0.717) is 17.8 Å². The highest BCUT2D eigenvalue weighted by Crippen LogP contribution is 2.18. The first kappa shape index (κ1) is 17.5. The minimum absolute atomic E-state index is 0.242. The van der Waals surface area contributed by atoms with Crippen molar-refractivity contribution in [3.63, 3.8) is 0 Å². The van der Waals surface area contributed by atoms with Crippen LogP contribution in [0.3, 0.4) is 0 Å². The molecule has 0 aliphatic carbocycles. The first-order valence-electron chi connectivity index (χ1n) is 7.38. The average Bonchev–Trinajstić information content (AvgIpc) is 3.19. The van der Waals surface area contributed by atoms with Crippen molar-refractivity contribution in [2.45, 2.75) is 13.5 Å². The summed E-state index contributed by atoms with van der Waals surface area (Å²) in [7, 11) is 0. The van der Waals surface area contributed by atoms with E-state index in [-0.39, 0.29) is 5.91 Å². The number of rotatable bonds is 5. The first-order valence-corrected chi connectivity index (χ1v) is 9.05. The lowest BCUT2D eigenvalue weighted by atomic mass is 10.2. The van der Waals surface area contributed by atoms with Gasteiger partial charge in [-0.05, 0) is 46.6 Å². The number of nitrogens with one attached hydrogen (secondary N) is 1. The van der Waals surface area contributed by atoms with Crippen molar-refractivity contribution < 1.29 is 9.18 Å². The summed E-state index contributed by atoms with van der Waals surface area (Å²) in [6.07, 6.45) is 6.21. The molecule has 0 saturated heterocycles. The van der Waals surface area contributed by atoms with Crippen LogP contribution in [-0.4, -0.2) is 20.7 Å². The van der Waals surface area contributed by atoms with Gasteiger partial charge in [0.25, 0.3) is 0 Å².